The van der Waals surface area contributed by atoms with Crippen molar-refractivity contribution in [3.05, 3.63) is 95.3 Å². The molecular weight excluding hydrogens is 443 g/mol. The minimum atomic E-state index is -0.890. The van der Waals surface area contributed by atoms with E-state index in [1.54, 1.807) is 48.5 Å². The van der Waals surface area contributed by atoms with Crippen LogP contribution >= 0.6 is 11.3 Å². The van der Waals surface area contributed by atoms with Gasteiger partial charge in [0.2, 0.25) is 0 Å². The Hall–Kier alpha value is -4.04. The Bertz CT molecular complexity index is 1410. The Labute approximate surface area is 192 Å². The third-order valence-electron chi connectivity index (χ3n) is 5.47. The number of aliphatic hydroxyl groups excluding tert-OH is 1. The molecule has 3 aromatic carbocycles. The predicted molar refractivity (Wildman–Crippen MR) is 124 cm³/mol. The van der Waals surface area contributed by atoms with Crippen LogP contribution in [0.2, 0.25) is 0 Å². The number of ketones is 1. The van der Waals surface area contributed by atoms with E-state index in [0.29, 0.717) is 27.1 Å². The molecule has 1 fully saturated rings. The van der Waals surface area contributed by atoms with Crippen LogP contribution < -0.4 is 9.64 Å². The molecule has 1 amide bonds. The molecule has 4 aromatic rings. The zero-order valence-corrected chi connectivity index (χ0v) is 18.2. The molecule has 1 N–H and O–H groups in total. The molecule has 1 aliphatic heterocycles. The van der Waals surface area contributed by atoms with Crippen molar-refractivity contribution >= 4 is 44.1 Å². The standard InChI is InChI=1S/C25H17FN2O4S/c1-32-17-10-7-15(8-11-17)22(29)20-21(14-5-3-2-4-6-14)28(24(31)23(20)30)25-27-18-12-9-16(26)13-19(18)33-25/h2-13,21,29H,1H3/b22-20+/t21-/m0/s1. The SMILES string of the molecule is COc1ccc(/C(O)=C2\C(=O)C(=O)N(c3nc4ccc(F)cc4s3)[C@H]2c2ccccc2)cc1. The van der Waals surface area contributed by atoms with Crippen LogP contribution in [-0.2, 0) is 9.59 Å². The maximum atomic E-state index is 13.7. The molecule has 0 radical (unpaired) electrons. The first-order valence-electron chi connectivity index (χ1n) is 10.0. The number of fused-ring (bicyclic) bond motifs is 1. The predicted octanol–water partition coefficient (Wildman–Crippen LogP) is 5.07. The van der Waals surface area contributed by atoms with Gasteiger partial charge in [0.15, 0.2) is 5.13 Å². The summed E-state index contributed by atoms with van der Waals surface area (Å²) in [5.74, 6) is -1.74. The zero-order chi connectivity index (χ0) is 23.1. The van der Waals surface area contributed by atoms with E-state index in [4.69, 9.17) is 4.74 Å². The van der Waals surface area contributed by atoms with Crippen LogP contribution in [0, 0.1) is 5.82 Å². The number of amides is 1. The number of thiazole rings is 1. The number of hydrogen-bond acceptors (Lipinski definition) is 6. The molecule has 1 saturated heterocycles. The number of halogens is 1. The summed E-state index contributed by atoms with van der Waals surface area (Å²) < 4.78 is 19.4. The first-order chi connectivity index (χ1) is 16.0. The van der Waals surface area contributed by atoms with Gasteiger partial charge >= 0.3 is 5.91 Å². The van der Waals surface area contributed by atoms with Crippen molar-refractivity contribution in [2.45, 2.75) is 6.04 Å². The van der Waals surface area contributed by atoms with Gasteiger partial charge in [0.25, 0.3) is 5.78 Å². The second kappa shape index (κ2) is 8.14. The van der Waals surface area contributed by atoms with E-state index in [0.717, 1.165) is 11.3 Å². The van der Waals surface area contributed by atoms with Crippen molar-refractivity contribution in [3.8, 4) is 5.75 Å². The van der Waals surface area contributed by atoms with Crippen molar-refractivity contribution in [2.75, 3.05) is 12.0 Å². The lowest BCUT2D eigenvalue weighted by molar-refractivity contribution is -0.132. The molecule has 0 spiro atoms. The second-order valence-electron chi connectivity index (χ2n) is 7.42. The van der Waals surface area contributed by atoms with Crippen LogP contribution in [0.5, 0.6) is 5.75 Å². The normalized spacial score (nSPS) is 17.6. The van der Waals surface area contributed by atoms with E-state index in [1.807, 2.05) is 6.07 Å². The van der Waals surface area contributed by atoms with Gasteiger partial charge in [-0.2, -0.15) is 0 Å². The van der Waals surface area contributed by atoms with Gasteiger partial charge in [-0.15, -0.1) is 0 Å². The van der Waals surface area contributed by atoms with Crippen molar-refractivity contribution < 1.29 is 23.8 Å². The number of benzene rings is 3. The number of methoxy groups -OCH3 is 1. The molecule has 0 saturated carbocycles. The Morgan fingerprint density at radius 2 is 1.79 bits per heavy atom. The van der Waals surface area contributed by atoms with Crippen LogP contribution in [0.1, 0.15) is 17.2 Å². The van der Waals surface area contributed by atoms with Crippen LogP contribution in [0.15, 0.2) is 78.4 Å². The number of rotatable bonds is 4. The highest BCUT2D eigenvalue weighted by Gasteiger charge is 2.48. The fourth-order valence-corrected chi connectivity index (χ4v) is 4.89. The lowest BCUT2D eigenvalue weighted by Gasteiger charge is -2.22. The Balaban J connectivity index is 1.70. The van der Waals surface area contributed by atoms with Crippen LogP contribution in [-0.4, -0.2) is 28.9 Å². The van der Waals surface area contributed by atoms with E-state index in [9.17, 15) is 19.1 Å². The van der Waals surface area contributed by atoms with Crippen LogP contribution in [0.25, 0.3) is 16.0 Å². The summed E-state index contributed by atoms with van der Waals surface area (Å²) in [5.41, 5.74) is 1.49. The minimum Gasteiger partial charge on any atom is -0.507 e. The number of carbonyl (C=O) groups excluding carboxylic acids is 2. The molecule has 1 aliphatic rings. The molecule has 6 nitrogen and oxygen atoms in total. The molecule has 33 heavy (non-hydrogen) atoms. The quantitative estimate of drug-likeness (QED) is 0.261. The highest BCUT2D eigenvalue weighted by atomic mass is 32.1. The third-order valence-corrected chi connectivity index (χ3v) is 6.49. The molecule has 164 valence electrons. The van der Waals surface area contributed by atoms with Crippen molar-refractivity contribution in [1.82, 2.24) is 4.98 Å². The smallest absolute Gasteiger partial charge is 0.301 e. The van der Waals surface area contributed by atoms with E-state index in [1.165, 1.54) is 30.2 Å². The van der Waals surface area contributed by atoms with Gasteiger partial charge in [-0.25, -0.2) is 9.37 Å². The number of Topliss-reactive ketones (excluding diaryl/α,β-unsaturated/α-hetero) is 1. The second-order valence-corrected chi connectivity index (χ2v) is 8.43. The van der Waals surface area contributed by atoms with Crippen molar-refractivity contribution in [3.63, 3.8) is 0 Å². The largest absolute Gasteiger partial charge is 0.507 e. The third kappa shape index (κ3) is 3.54. The molecule has 5 rings (SSSR count). The lowest BCUT2D eigenvalue weighted by Crippen LogP contribution is -2.29. The van der Waals surface area contributed by atoms with E-state index in [2.05, 4.69) is 4.98 Å². The topological polar surface area (TPSA) is 79.7 Å². The van der Waals surface area contributed by atoms with Crippen LogP contribution in [0.4, 0.5) is 9.52 Å². The number of nitrogens with zero attached hydrogens (tertiary/aromatic N) is 2. The van der Waals surface area contributed by atoms with Gasteiger partial charge in [-0.1, -0.05) is 41.7 Å². The molecule has 0 bridgehead atoms. The van der Waals surface area contributed by atoms with Gasteiger partial charge in [-0.3, -0.25) is 14.5 Å². The number of carbonyl (C=O) groups is 2. The van der Waals surface area contributed by atoms with Gasteiger partial charge in [0.05, 0.1) is 28.9 Å². The first kappa shape index (κ1) is 20.8. The highest BCUT2D eigenvalue weighted by Crippen LogP contribution is 2.44. The molecular formula is C25H17FN2O4S. The number of aromatic nitrogens is 1. The number of ether oxygens (including phenoxy) is 1. The Morgan fingerprint density at radius 1 is 1.06 bits per heavy atom. The van der Waals surface area contributed by atoms with Gasteiger partial charge in [-0.05, 0) is 48.0 Å². The van der Waals surface area contributed by atoms with E-state index < -0.39 is 23.5 Å². The summed E-state index contributed by atoms with van der Waals surface area (Å²) in [7, 11) is 1.53. The summed E-state index contributed by atoms with van der Waals surface area (Å²) in [6.45, 7) is 0. The monoisotopic (exact) mass is 460 g/mol. The maximum absolute atomic E-state index is 13.7. The Morgan fingerprint density at radius 3 is 2.48 bits per heavy atom. The summed E-state index contributed by atoms with van der Waals surface area (Å²) >= 11 is 1.11. The molecule has 0 aliphatic carbocycles. The minimum absolute atomic E-state index is 0.0400. The van der Waals surface area contributed by atoms with Crippen LogP contribution in [0.3, 0.4) is 0 Å². The van der Waals surface area contributed by atoms with E-state index in [-0.39, 0.29) is 16.5 Å². The fourth-order valence-electron chi connectivity index (χ4n) is 3.87. The summed E-state index contributed by atoms with van der Waals surface area (Å²) in [6.07, 6.45) is 0. The number of aliphatic hydroxyl groups is 1. The van der Waals surface area contributed by atoms with Gasteiger partial charge in [0, 0.05) is 5.56 Å². The summed E-state index contributed by atoms with van der Waals surface area (Å²) in [5, 5.41) is 11.4. The highest BCUT2D eigenvalue weighted by molar-refractivity contribution is 7.22. The average Bonchev–Trinajstić information content (AvgIpc) is 3.37. The fraction of sp³-hybridized carbons (Fsp3) is 0.0800. The summed E-state index contributed by atoms with van der Waals surface area (Å²) in [6, 6.07) is 18.8. The number of hydrogen-bond donors (Lipinski definition) is 1. The van der Waals surface area contributed by atoms with E-state index >= 15 is 0 Å². The van der Waals surface area contributed by atoms with Gasteiger partial charge in [0.1, 0.15) is 17.3 Å². The van der Waals surface area contributed by atoms with Crippen molar-refractivity contribution in [1.29, 1.82) is 0 Å². The lowest BCUT2D eigenvalue weighted by atomic mass is 9.95. The number of anilines is 1. The molecule has 0 unspecified atom stereocenters. The molecule has 1 atom stereocenters. The Kier molecular flexibility index (Phi) is 5.14. The summed E-state index contributed by atoms with van der Waals surface area (Å²) in [4.78, 5) is 32.1. The maximum Gasteiger partial charge on any atom is 0.301 e. The molecule has 8 heteroatoms. The first-order valence-corrected chi connectivity index (χ1v) is 10.9. The average molecular weight is 460 g/mol. The molecule has 1 aromatic heterocycles. The van der Waals surface area contributed by atoms with Crippen molar-refractivity contribution in [2.24, 2.45) is 0 Å². The zero-order valence-electron chi connectivity index (χ0n) is 17.4. The van der Waals surface area contributed by atoms with Gasteiger partial charge < -0.3 is 9.84 Å². The molecule has 2 heterocycles.